The van der Waals surface area contributed by atoms with Crippen LogP contribution in [0.25, 0.3) is 0 Å². The molecule has 0 saturated heterocycles. The summed E-state index contributed by atoms with van der Waals surface area (Å²) in [4.78, 5) is 9.89. The second-order valence-corrected chi connectivity index (χ2v) is 4.41. The van der Waals surface area contributed by atoms with E-state index in [1.165, 1.54) is 32.4 Å². The van der Waals surface area contributed by atoms with Crippen LogP contribution >= 0.6 is 0 Å². The summed E-state index contributed by atoms with van der Waals surface area (Å²) in [6.07, 6.45) is 0. The third kappa shape index (κ3) is 8.09. The topological polar surface area (TPSA) is 190 Å². The molecule has 0 aromatic heterocycles. The molecular formula is C16H26N4O7. The number of nitrogens with zero attached hydrogens (tertiary/aromatic N) is 1. The van der Waals surface area contributed by atoms with Crippen LogP contribution in [0, 0.1) is 10.1 Å². The van der Waals surface area contributed by atoms with Crippen LogP contribution in [0.15, 0.2) is 36.4 Å². The van der Waals surface area contributed by atoms with Crippen molar-refractivity contribution in [3.8, 4) is 23.0 Å². The zero-order chi connectivity index (χ0) is 20.1. The Hall–Kier alpha value is -3.28. The van der Waals surface area contributed by atoms with Crippen molar-refractivity contribution in [2.45, 2.75) is 0 Å². The number of nitro benzene ring substituents is 1. The predicted molar refractivity (Wildman–Crippen MR) is 102 cm³/mol. The van der Waals surface area contributed by atoms with Crippen molar-refractivity contribution in [1.29, 1.82) is 0 Å². The zero-order valence-electron chi connectivity index (χ0n) is 15.6. The summed E-state index contributed by atoms with van der Waals surface area (Å²) >= 11 is 0. The van der Waals surface area contributed by atoms with Gasteiger partial charge in [-0.1, -0.05) is 0 Å². The van der Waals surface area contributed by atoms with Crippen LogP contribution in [0.1, 0.15) is 0 Å². The Morgan fingerprint density at radius 2 is 1.19 bits per heavy atom. The number of nitrogens with two attached hydrogens (primary N) is 3. The van der Waals surface area contributed by atoms with Crippen molar-refractivity contribution in [3.63, 3.8) is 0 Å². The molecule has 0 heterocycles. The van der Waals surface area contributed by atoms with E-state index in [2.05, 4.69) is 11.7 Å². The molecule has 2 aromatic carbocycles. The van der Waals surface area contributed by atoms with Gasteiger partial charge in [0, 0.05) is 17.8 Å². The van der Waals surface area contributed by atoms with Gasteiger partial charge in [0.15, 0.2) is 23.0 Å². The second-order valence-electron chi connectivity index (χ2n) is 4.41. The molecule has 0 atom stereocenters. The Bertz CT molecular complexity index is 698. The van der Waals surface area contributed by atoms with E-state index < -0.39 is 4.92 Å². The first-order chi connectivity index (χ1) is 12.5. The van der Waals surface area contributed by atoms with Gasteiger partial charge in [0.2, 0.25) is 0 Å². The normalized spacial score (nSPS) is 8.52. The van der Waals surface area contributed by atoms with Gasteiger partial charge in [-0.15, -0.1) is 0 Å². The summed E-state index contributed by atoms with van der Waals surface area (Å²) in [6.45, 7) is 0. The molecule has 11 heteroatoms. The molecule has 0 radical (unpaired) electrons. The predicted octanol–water partition coefficient (Wildman–Crippen LogP) is 0.892. The molecule has 0 aliphatic rings. The van der Waals surface area contributed by atoms with Crippen LogP contribution in [0.4, 0.5) is 11.4 Å². The van der Waals surface area contributed by atoms with Gasteiger partial charge in [0.1, 0.15) is 0 Å². The van der Waals surface area contributed by atoms with Crippen molar-refractivity contribution >= 4 is 11.4 Å². The molecule has 8 N–H and O–H groups in total. The average Bonchev–Trinajstić information content (AvgIpc) is 2.69. The largest absolute Gasteiger partial charge is 0.493 e. The lowest BCUT2D eigenvalue weighted by Gasteiger charge is -2.06. The van der Waals surface area contributed by atoms with Gasteiger partial charge in [-0.3, -0.25) is 21.8 Å². The number of hydrogen-bond donors (Lipinski definition) is 3. The number of nitro groups is 1. The quantitative estimate of drug-likeness (QED) is 0.290. The standard InChI is InChI=1S/C8H9NO4.C8H11NO2.H4N2.H2O/c1-12-7-4-3-6(9(10)11)5-8(7)13-2;1-10-7-4-3-6(9)5-8(7)11-2;1-2;/h3-5H,1-2H3;3-5H,9H2,1-2H3;1-2H2;1H2. The minimum absolute atomic E-state index is 0. The maximum Gasteiger partial charge on any atom is 0.273 e. The fourth-order valence-corrected chi connectivity index (χ4v) is 1.79. The number of non-ortho nitro benzene ring substituents is 1. The number of nitrogen functional groups attached to an aromatic ring is 1. The maximum absolute atomic E-state index is 10.4. The van der Waals surface area contributed by atoms with Gasteiger partial charge in [0.05, 0.1) is 39.4 Å². The first-order valence-electron chi connectivity index (χ1n) is 7.14. The van der Waals surface area contributed by atoms with Gasteiger partial charge in [-0.25, -0.2) is 0 Å². The lowest BCUT2D eigenvalue weighted by Crippen LogP contribution is -2.02. The summed E-state index contributed by atoms with van der Waals surface area (Å²) in [5.74, 6) is 10.2. The molecule has 2 rings (SSSR count). The number of hydrogen-bond acceptors (Lipinski definition) is 9. The van der Waals surface area contributed by atoms with E-state index in [4.69, 9.17) is 24.7 Å². The Labute approximate surface area is 157 Å². The van der Waals surface area contributed by atoms with Gasteiger partial charge in [-0.2, -0.15) is 0 Å². The monoisotopic (exact) mass is 386 g/mol. The van der Waals surface area contributed by atoms with E-state index in [1.54, 1.807) is 32.4 Å². The summed E-state index contributed by atoms with van der Waals surface area (Å²) in [5.41, 5.74) is 6.18. The fourth-order valence-electron chi connectivity index (χ4n) is 1.79. The highest BCUT2D eigenvalue weighted by atomic mass is 16.6. The average molecular weight is 386 g/mol. The molecule has 2 aromatic rings. The van der Waals surface area contributed by atoms with E-state index in [-0.39, 0.29) is 11.2 Å². The number of ether oxygens (including phenoxy) is 4. The first kappa shape index (κ1) is 26.0. The van der Waals surface area contributed by atoms with Gasteiger partial charge in [0.25, 0.3) is 5.69 Å². The third-order valence-electron chi connectivity index (χ3n) is 2.99. The number of methoxy groups -OCH3 is 4. The van der Waals surface area contributed by atoms with E-state index in [0.29, 0.717) is 28.7 Å². The lowest BCUT2D eigenvalue weighted by atomic mass is 10.3. The fraction of sp³-hybridized carbons (Fsp3) is 0.250. The minimum atomic E-state index is -0.484. The van der Waals surface area contributed by atoms with Crippen molar-refractivity contribution in [1.82, 2.24) is 0 Å². The molecular weight excluding hydrogens is 360 g/mol. The van der Waals surface area contributed by atoms with Crippen LogP contribution < -0.4 is 36.4 Å². The summed E-state index contributed by atoms with van der Waals surface area (Å²) in [5, 5.41) is 10.4. The number of rotatable bonds is 5. The molecule has 0 aliphatic heterocycles. The smallest absolute Gasteiger partial charge is 0.273 e. The van der Waals surface area contributed by atoms with Crippen molar-refractivity contribution < 1.29 is 29.3 Å². The number of benzene rings is 2. The highest BCUT2D eigenvalue weighted by Crippen LogP contribution is 2.30. The molecule has 0 fully saturated rings. The Morgan fingerprint density at radius 1 is 0.778 bits per heavy atom. The van der Waals surface area contributed by atoms with E-state index in [1.807, 2.05) is 0 Å². The minimum Gasteiger partial charge on any atom is -0.493 e. The first-order valence-corrected chi connectivity index (χ1v) is 7.14. The second kappa shape index (κ2) is 13.9. The molecule has 0 aliphatic carbocycles. The summed E-state index contributed by atoms with van der Waals surface area (Å²) in [6, 6.07) is 9.44. The molecule has 0 amide bonds. The van der Waals surface area contributed by atoms with Gasteiger partial charge < -0.3 is 30.2 Å². The molecule has 0 unspecified atom stereocenters. The number of hydrazine groups is 1. The van der Waals surface area contributed by atoms with Crippen LogP contribution in [-0.2, 0) is 0 Å². The summed E-state index contributed by atoms with van der Waals surface area (Å²) < 4.78 is 19.8. The Balaban J connectivity index is 0. The van der Waals surface area contributed by atoms with Gasteiger partial charge in [-0.05, 0) is 18.2 Å². The maximum atomic E-state index is 10.4. The van der Waals surface area contributed by atoms with E-state index in [0.717, 1.165) is 0 Å². The molecule has 11 nitrogen and oxygen atoms in total. The third-order valence-corrected chi connectivity index (χ3v) is 2.99. The van der Waals surface area contributed by atoms with E-state index >= 15 is 0 Å². The molecule has 152 valence electrons. The molecule has 0 spiro atoms. The highest BCUT2D eigenvalue weighted by molar-refractivity contribution is 5.51. The molecule has 0 bridgehead atoms. The Kier molecular flexibility index (Phi) is 13.4. The molecule has 27 heavy (non-hydrogen) atoms. The Morgan fingerprint density at radius 3 is 1.59 bits per heavy atom. The zero-order valence-corrected chi connectivity index (χ0v) is 15.6. The molecule has 0 saturated carbocycles. The number of anilines is 1. The van der Waals surface area contributed by atoms with E-state index in [9.17, 15) is 10.1 Å². The lowest BCUT2D eigenvalue weighted by molar-refractivity contribution is -0.384. The SMILES string of the molecule is COc1ccc(N)cc1OC.COc1ccc([N+](=O)[O-])cc1OC.NN.O. The van der Waals surface area contributed by atoms with Crippen molar-refractivity contribution in [3.05, 3.63) is 46.5 Å². The van der Waals surface area contributed by atoms with Crippen molar-refractivity contribution in [2.75, 3.05) is 34.2 Å². The van der Waals surface area contributed by atoms with Crippen LogP contribution in [0.5, 0.6) is 23.0 Å². The highest BCUT2D eigenvalue weighted by Gasteiger charge is 2.10. The van der Waals surface area contributed by atoms with Crippen LogP contribution in [0.2, 0.25) is 0 Å². The van der Waals surface area contributed by atoms with Crippen LogP contribution in [-0.4, -0.2) is 38.8 Å². The van der Waals surface area contributed by atoms with Gasteiger partial charge >= 0.3 is 0 Å². The van der Waals surface area contributed by atoms with Crippen molar-refractivity contribution in [2.24, 2.45) is 11.7 Å². The van der Waals surface area contributed by atoms with Crippen LogP contribution in [0.3, 0.4) is 0 Å². The summed E-state index contributed by atoms with van der Waals surface area (Å²) in [7, 11) is 6.08.